The first-order valence-electron chi connectivity index (χ1n) is 5.10. The van der Waals surface area contributed by atoms with Crippen molar-refractivity contribution in [1.82, 2.24) is 0 Å². The topological polar surface area (TPSA) is 0 Å². The van der Waals surface area contributed by atoms with E-state index in [1.807, 2.05) is 26.0 Å². The molecule has 0 spiro atoms. The predicted molar refractivity (Wildman–Crippen MR) is 61.3 cm³/mol. The van der Waals surface area contributed by atoms with E-state index in [0.29, 0.717) is 11.1 Å². The van der Waals surface area contributed by atoms with Crippen LogP contribution in [0.2, 0.25) is 0 Å². The lowest BCUT2D eigenvalue weighted by atomic mass is 10.00. The Morgan fingerprint density at radius 2 is 1.56 bits per heavy atom. The Labute approximate surface area is 93.5 Å². The predicted octanol–water partition coefficient (Wildman–Crippen LogP) is 4.25. The number of halogens is 2. The van der Waals surface area contributed by atoms with Crippen molar-refractivity contribution in [2.24, 2.45) is 0 Å². The van der Waals surface area contributed by atoms with Gasteiger partial charge in [-0.1, -0.05) is 18.2 Å². The molecule has 82 valence electrons. The van der Waals surface area contributed by atoms with Gasteiger partial charge >= 0.3 is 0 Å². The standard InChI is InChI=1S/C14H12F2/c1-9-3-4-11(7-10(9)2)13-8-12(15)5-6-14(13)16/h3-8H,1-2H3. The number of rotatable bonds is 1. The van der Waals surface area contributed by atoms with Crippen molar-refractivity contribution in [1.29, 1.82) is 0 Å². The maximum Gasteiger partial charge on any atom is 0.131 e. The lowest BCUT2D eigenvalue weighted by molar-refractivity contribution is 0.603. The molecule has 2 aromatic rings. The van der Waals surface area contributed by atoms with Gasteiger partial charge in [-0.05, 0) is 48.7 Å². The van der Waals surface area contributed by atoms with Crippen molar-refractivity contribution < 1.29 is 8.78 Å². The Hall–Kier alpha value is -1.70. The maximum absolute atomic E-state index is 13.5. The van der Waals surface area contributed by atoms with Gasteiger partial charge in [0.05, 0.1) is 0 Å². The first-order valence-corrected chi connectivity index (χ1v) is 5.10. The van der Waals surface area contributed by atoms with Gasteiger partial charge in [0.1, 0.15) is 11.6 Å². The van der Waals surface area contributed by atoms with Crippen LogP contribution in [-0.2, 0) is 0 Å². The molecule has 0 aliphatic carbocycles. The Balaban J connectivity index is 2.58. The molecule has 0 saturated heterocycles. The van der Waals surface area contributed by atoms with Gasteiger partial charge in [-0.25, -0.2) is 8.78 Å². The minimum atomic E-state index is -0.422. The monoisotopic (exact) mass is 218 g/mol. The lowest BCUT2D eigenvalue weighted by Crippen LogP contribution is -1.88. The van der Waals surface area contributed by atoms with Gasteiger partial charge in [-0.2, -0.15) is 0 Å². The fourth-order valence-electron chi connectivity index (χ4n) is 1.63. The highest BCUT2D eigenvalue weighted by Crippen LogP contribution is 2.25. The Kier molecular flexibility index (Phi) is 2.73. The second-order valence-electron chi connectivity index (χ2n) is 3.92. The zero-order valence-corrected chi connectivity index (χ0v) is 9.22. The van der Waals surface area contributed by atoms with Crippen molar-refractivity contribution in [3.05, 3.63) is 59.2 Å². The molecule has 0 N–H and O–H groups in total. The van der Waals surface area contributed by atoms with E-state index in [4.69, 9.17) is 0 Å². The molecule has 2 aromatic carbocycles. The molecule has 0 fully saturated rings. The molecule has 0 atom stereocenters. The van der Waals surface area contributed by atoms with E-state index in [9.17, 15) is 8.78 Å². The van der Waals surface area contributed by atoms with Crippen LogP contribution in [0.25, 0.3) is 11.1 Å². The zero-order valence-electron chi connectivity index (χ0n) is 9.22. The molecule has 0 nitrogen and oxygen atoms in total. The van der Waals surface area contributed by atoms with Crippen LogP contribution in [0.1, 0.15) is 11.1 Å². The zero-order chi connectivity index (χ0) is 11.7. The van der Waals surface area contributed by atoms with Crippen molar-refractivity contribution in [2.75, 3.05) is 0 Å². The van der Waals surface area contributed by atoms with E-state index in [0.717, 1.165) is 23.3 Å². The summed E-state index contributed by atoms with van der Waals surface area (Å²) < 4.78 is 26.6. The first-order chi connectivity index (χ1) is 7.58. The highest BCUT2D eigenvalue weighted by Gasteiger charge is 2.07. The minimum Gasteiger partial charge on any atom is -0.207 e. The molecule has 2 rings (SSSR count). The summed E-state index contributed by atoms with van der Waals surface area (Å²) in [5, 5.41) is 0. The maximum atomic E-state index is 13.5. The smallest absolute Gasteiger partial charge is 0.131 e. The van der Waals surface area contributed by atoms with E-state index >= 15 is 0 Å². The quantitative estimate of drug-likeness (QED) is 0.671. The van der Waals surface area contributed by atoms with Gasteiger partial charge in [0.2, 0.25) is 0 Å². The van der Waals surface area contributed by atoms with Gasteiger partial charge in [-0.3, -0.25) is 0 Å². The molecule has 0 radical (unpaired) electrons. The Bertz CT molecular complexity index is 530. The summed E-state index contributed by atoms with van der Waals surface area (Å²) in [6.45, 7) is 3.94. The summed E-state index contributed by atoms with van der Waals surface area (Å²) in [7, 11) is 0. The Morgan fingerprint density at radius 1 is 0.812 bits per heavy atom. The summed E-state index contributed by atoms with van der Waals surface area (Å²) in [6.07, 6.45) is 0. The number of hydrogen-bond acceptors (Lipinski definition) is 0. The van der Waals surface area contributed by atoms with Gasteiger partial charge in [0.15, 0.2) is 0 Å². The second kappa shape index (κ2) is 4.05. The Morgan fingerprint density at radius 3 is 2.25 bits per heavy atom. The number of aryl methyl sites for hydroxylation is 2. The van der Waals surface area contributed by atoms with Crippen LogP contribution in [0.15, 0.2) is 36.4 Å². The lowest BCUT2D eigenvalue weighted by Gasteiger charge is -2.06. The van der Waals surface area contributed by atoms with Crippen molar-refractivity contribution in [3.63, 3.8) is 0 Å². The summed E-state index contributed by atoms with van der Waals surface area (Å²) in [4.78, 5) is 0. The second-order valence-corrected chi connectivity index (χ2v) is 3.92. The van der Waals surface area contributed by atoms with E-state index in [-0.39, 0.29) is 0 Å². The normalized spacial score (nSPS) is 10.5. The van der Waals surface area contributed by atoms with Crippen LogP contribution >= 0.6 is 0 Å². The van der Waals surface area contributed by atoms with Crippen LogP contribution in [0.5, 0.6) is 0 Å². The van der Waals surface area contributed by atoms with E-state index in [1.165, 1.54) is 6.07 Å². The molecule has 0 unspecified atom stereocenters. The SMILES string of the molecule is Cc1ccc(-c2cc(F)ccc2F)cc1C. The molecular formula is C14H12F2. The van der Waals surface area contributed by atoms with Crippen LogP contribution in [0.3, 0.4) is 0 Å². The van der Waals surface area contributed by atoms with E-state index < -0.39 is 11.6 Å². The average molecular weight is 218 g/mol. The fraction of sp³-hybridized carbons (Fsp3) is 0.143. The molecule has 0 bridgehead atoms. The highest BCUT2D eigenvalue weighted by molar-refractivity contribution is 5.65. The molecular weight excluding hydrogens is 206 g/mol. The summed E-state index contributed by atoms with van der Waals surface area (Å²) in [6, 6.07) is 9.08. The third-order valence-electron chi connectivity index (χ3n) is 2.75. The average Bonchev–Trinajstić information content (AvgIpc) is 2.26. The molecule has 0 aliphatic heterocycles. The molecule has 0 aliphatic rings. The van der Waals surface area contributed by atoms with Crippen LogP contribution in [0.4, 0.5) is 8.78 Å². The van der Waals surface area contributed by atoms with Crippen LogP contribution < -0.4 is 0 Å². The molecule has 2 heteroatoms. The highest BCUT2D eigenvalue weighted by atomic mass is 19.1. The fourth-order valence-corrected chi connectivity index (χ4v) is 1.63. The summed E-state index contributed by atoms with van der Waals surface area (Å²) >= 11 is 0. The first kappa shape index (κ1) is 10.8. The summed E-state index contributed by atoms with van der Waals surface area (Å²) in [5.74, 6) is -0.820. The van der Waals surface area contributed by atoms with Gasteiger partial charge in [-0.15, -0.1) is 0 Å². The van der Waals surface area contributed by atoms with Gasteiger partial charge in [0, 0.05) is 5.56 Å². The summed E-state index contributed by atoms with van der Waals surface area (Å²) in [5.41, 5.74) is 3.23. The third kappa shape index (κ3) is 1.96. The van der Waals surface area contributed by atoms with Crippen molar-refractivity contribution in [3.8, 4) is 11.1 Å². The number of hydrogen-bond donors (Lipinski definition) is 0. The van der Waals surface area contributed by atoms with Crippen LogP contribution in [0, 0.1) is 25.5 Å². The largest absolute Gasteiger partial charge is 0.207 e. The third-order valence-corrected chi connectivity index (χ3v) is 2.75. The minimum absolute atomic E-state index is 0.308. The molecule has 16 heavy (non-hydrogen) atoms. The number of benzene rings is 2. The van der Waals surface area contributed by atoms with E-state index in [1.54, 1.807) is 6.07 Å². The van der Waals surface area contributed by atoms with Gasteiger partial charge < -0.3 is 0 Å². The molecule has 0 amide bonds. The van der Waals surface area contributed by atoms with Crippen LogP contribution in [-0.4, -0.2) is 0 Å². The molecule has 0 aromatic heterocycles. The van der Waals surface area contributed by atoms with Crippen molar-refractivity contribution in [2.45, 2.75) is 13.8 Å². The van der Waals surface area contributed by atoms with E-state index in [2.05, 4.69) is 0 Å². The van der Waals surface area contributed by atoms with Gasteiger partial charge in [0.25, 0.3) is 0 Å². The molecule has 0 saturated carbocycles. The molecule has 0 heterocycles. The van der Waals surface area contributed by atoms with Crippen molar-refractivity contribution >= 4 is 0 Å².